The quantitative estimate of drug-likeness (QED) is 0.830. The van der Waals surface area contributed by atoms with Crippen molar-refractivity contribution >= 4 is 0 Å². The van der Waals surface area contributed by atoms with Gasteiger partial charge < -0.3 is 14.8 Å². The van der Waals surface area contributed by atoms with Gasteiger partial charge in [-0.25, -0.2) is 0 Å². The van der Waals surface area contributed by atoms with Crippen molar-refractivity contribution in [2.24, 2.45) is 5.41 Å². The fraction of sp³-hybridized carbons (Fsp3) is 0.562. The van der Waals surface area contributed by atoms with Crippen molar-refractivity contribution in [1.82, 2.24) is 5.32 Å². The van der Waals surface area contributed by atoms with E-state index >= 15 is 0 Å². The molecule has 0 bridgehead atoms. The maximum Gasteiger partial charge on any atom is 0.127 e. The van der Waals surface area contributed by atoms with Gasteiger partial charge in [-0.2, -0.15) is 5.26 Å². The molecule has 1 aromatic carbocycles. The fourth-order valence-corrected chi connectivity index (χ4v) is 1.75. The molecule has 0 spiro atoms. The highest BCUT2D eigenvalue weighted by Gasteiger charge is 2.17. The summed E-state index contributed by atoms with van der Waals surface area (Å²) in [6.45, 7) is 6.42. The van der Waals surface area contributed by atoms with Crippen LogP contribution in [0.3, 0.4) is 0 Å². The number of nitrogens with zero attached hydrogens (tertiary/aromatic N) is 1. The van der Waals surface area contributed by atoms with Crippen LogP contribution < -0.4 is 14.8 Å². The summed E-state index contributed by atoms with van der Waals surface area (Å²) in [5.41, 5.74) is 0.719. The second kappa shape index (κ2) is 7.16. The Morgan fingerprint density at radius 2 is 2.10 bits per heavy atom. The summed E-state index contributed by atoms with van der Waals surface area (Å²) in [6, 6.07) is 8.30. The van der Waals surface area contributed by atoms with Gasteiger partial charge in [-0.15, -0.1) is 0 Å². The molecule has 1 rings (SSSR count). The highest BCUT2D eigenvalue weighted by molar-refractivity contribution is 5.42. The number of nitriles is 1. The molecule has 0 aliphatic heterocycles. The topological polar surface area (TPSA) is 54.3 Å². The standard InChI is InChI=1S/C16H24N2O2/c1-12(18-4)14-7-6-13(19-5)10-15(14)20-9-8-16(2,3)11-17/h6-7,10,12,18H,8-9H2,1-5H3. The van der Waals surface area contributed by atoms with E-state index in [1.54, 1.807) is 7.11 Å². The van der Waals surface area contributed by atoms with E-state index in [1.165, 1.54) is 0 Å². The van der Waals surface area contributed by atoms with Crippen molar-refractivity contribution in [3.05, 3.63) is 23.8 Å². The van der Waals surface area contributed by atoms with Crippen molar-refractivity contribution < 1.29 is 9.47 Å². The minimum absolute atomic E-state index is 0.194. The average Bonchev–Trinajstić information content (AvgIpc) is 2.46. The van der Waals surface area contributed by atoms with E-state index in [2.05, 4.69) is 18.3 Å². The molecule has 1 atom stereocenters. The first-order valence-electron chi connectivity index (χ1n) is 6.83. The van der Waals surface area contributed by atoms with E-state index in [9.17, 15) is 0 Å². The Morgan fingerprint density at radius 1 is 1.40 bits per heavy atom. The molecule has 0 heterocycles. The predicted molar refractivity (Wildman–Crippen MR) is 80.0 cm³/mol. The first-order valence-corrected chi connectivity index (χ1v) is 6.83. The van der Waals surface area contributed by atoms with Crippen LogP contribution in [-0.4, -0.2) is 20.8 Å². The number of methoxy groups -OCH3 is 1. The lowest BCUT2D eigenvalue weighted by molar-refractivity contribution is 0.259. The Balaban J connectivity index is 2.83. The van der Waals surface area contributed by atoms with Crippen LogP contribution in [-0.2, 0) is 0 Å². The minimum atomic E-state index is -0.367. The lowest BCUT2D eigenvalue weighted by Crippen LogP contribution is -2.16. The number of hydrogen-bond donors (Lipinski definition) is 1. The molecule has 0 aliphatic rings. The van der Waals surface area contributed by atoms with Gasteiger partial charge >= 0.3 is 0 Å². The number of benzene rings is 1. The number of rotatable bonds is 7. The van der Waals surface area contributed by atoms with Gasteiger partial charge in [0.1, 0.15) is 11.5 Å². The average molecular weight is 276 g/mol. The van der Waals surface area contributed by atoms with E-state index in [-0.39, 0.29) is 11.5 Å². The first-order chi connectivity index (χ1) is 9.43. The Bertz CT molecular complexity index is 478. The molecule has 20 heavy (non-hydrogen) atoms. The summed E-state index contributed by atoms with van der Waals surface area (Å²) >= 11 is 0. The third-order valence-corrected chi connectivity index (χ3v) is 3.41. The van der Waals surface area contributed by atoms with Crippen LogP contribution in [0.2, 0.25) is 0 Å². The Labute approximate surface area is 121 Å². The first kappa shape index (κ1) is 16.3. The molecule has 0 saturated carbocycles. The second-order valence-electron chi connectivity index (χ2n) is 5.51. The summed E-state index contributed by atoms with van der Waals surface area (Å²) in [4.78, 5) is 0. The molecular formula is C16H24N2O2. The van der Waals surface area contributed by atoms with E-state index < -0.39 is 0 Å². The largest absolute Gasteiger partial charge is 0.497 e. The minimum Gasteiger partial charge on any atom is -0.497 e. The van der Waals surface area contributed by atoms with Crippen LogP contribution in [0.25, 0.3) is 0 Å². The van der Waals surface area contributed by atoms with Crippen LogP contribution >= 0.6 is 0 Å². The lowest BCUT2D eigenvalue weighted by Gasteiger charge is -2.19. The van der Waals surface area contributed by atoms with Gasteiger partial charge in [0.2, 0.25) is 0 Å². The van der Waals surface area contributed by atoms with Gasteiger partial charge in [0.05, 0.1) is 25.2 Å². The monoisotopic (exact) mass is 276 g/mol. The summed E-state index contributed by atoms with van der Waals surface area (Å²) in [6.07, 6.45) is 0.689. The summed E-state index contributed by atoms with van der Waals surface area (Å²) < 4.78 is 11.1. The van der Waals surface area contributed by atoms with Crippen LogP contribution in [0, 0.1) is 16.7 Å². The maximum absolute atomic E-state index is 9.02. The number of hydrogen-bond acceptors (Lipinski definition) is 4. The van der Waals surface area contributed by atoms with Crippen LogP contribution in [0.5, 0.6) is 11.5 Å². The SMILES string of the molecule is CNC(C)c1ccc(OC)cc1OCCC(C)(C)C#N. The molecule has 110 valence electrons. The highest BCUT2D eigenvalue weighted by atomic mass is 16.5. The smallest absolute Gasteiger partial charge is 0.127 e. The van der Waals surface area contributed by atoms with Crippen molar-refractivity contribution in [3.8, 4) is 17.6 Å². The van der Waals surface area contributed by atoms with Gasteiger partial charge in [-0.3, -0.25) is 0 Å². The van der Waals surface area contributed by atoms with Gasteiger partial charge in [0, 0.05) is 17.7 Å². The zero-order valence-corrected chi connectivity index (χ0v) is 13.0. The van der Waals surface area contributed by atoms with Crippen molar-refractivity contribution in [2.75, 3.05) is 20.8 Å². The van der Waals surface area contributed by atoms with Gasteiger partial charge in [0.15, 0.2) is 0 Å². The molecule has 0 radical (unpaired) electrons. The zero-order chi connectivity index (χ0) is 15.2. The number of nitrogens with one attached hydrogen (secondary N) is 1. The molecule has 0 aliphatic carbocycles. The maximum atomic E-state index is 9.02. The summed E-state index contributed by atoms with van der Waals surface area (Å²) in [7, 11) is 3.55. The fourth-order valence-electron chi connectivity index (χ4n) is 1.75. The third-order valence-electron chi connectivity index (χ3n) is 3.41. The second-order valence-corrected chi connectivity index (χ2v) is 5.51. The third kappa shape index (κ3) is 4.43. The van der Waals surface area contributed by atoms with Crippen LogP contribution in [0.1, 0.15) is 38.8 Å². The van der Waals surface area contributed by atoms with E-state index in [1.807, 2.05) is 39.1 Å². The molecule has 0 amide bonds. The summed E-state index contributed by atoms with van der Waals surface area (Å²) in [5, 5.41) is 12.2. The van der Waals surface area contributed by atoms with Gasteiger partial charge in [-0.05, 0) is 40.3 Å². The van der Waals surface area contributed by atoms with E-state index in [4.69, 9.17) is 14.7 Å². The molecule has 1 unspecified atom stereocenters. The molecule has 0 aromatic heterocycles. The van der Waals surface area contributed by atoms with Crippen molar-refractivity contribution in [2.45, 2.75) is 33.2 Å². The molecule has 0 fully saturated rings. The molecule has 1 aromatic rings. The Kier molecular flexibility index (Phi) is 5.84. The van der Waals surface area contributed by atoms with E-state index in [0.717, 1.165) is 17.1 Å². The molecule has 0 saturated heterocycles. The van der Waals surface area contributed by atoms with Crippen molar-refractivity contribution in [1.29, 1.82) is 5.26 Å². The zero-order valence-electron chi connectivity index (χ0n) is 13.0. The van der Waals surface area contributed by atoms with Gasteiger partial charge in [-0.1, -0.05) is 6.07 Å². The van der Waals surface area contributed by atoms with Gasteiger partial charge in [0.25, 0.3) is 0 Å². The van der Waals surface area contributed by atoms with Crippen LogP contribution in [0.4, 0.5) is 0 Å². The van der Waals surface area contributed by atoms with Crippen LogP contribution in [0.15, 0.2) is 18.2 Å². The normalized spacial score (nSPS) is 12.6. The van der Waals surface area contributed by atoms with Crippen molar-refractivity contribution in [3.63, 3.8) is 0 Å². The van der Waals surface area contributed by atoms with E-state index in [0.29, 0.717) is 13.0 Å². The molecule has 1 N–H and O–H groups in total. The Hall–Kier alpha value is -1.73. The Morgan fingerprint density at radius 3 is 2.65 bits per heavy atom. The number of ether oxygens (including phenoxy) is 2. The summed E-state index contributed by atoms with van der Waals surface area (Å²) in [5.74, 6) is 1.58. The lowest BCUT2D eigenvalue weighted by atomic mass is 9.92. The highest BCUT2D eigenvalue weighted by Crippen LogP contribution is 2.30. The molecule has 4 heteroatoms. The molecular weight excluding hydrogens is 252 g/mol. The molecule has 4 nitrogen and oxygen atoms in total. The predicted octanol–water partition coefficient (Wildman–Crippen LogP) is 3.29.